The summed E-state index contributed by atoms with van der Waals surface area (Å²) in [6, 6.07) is 4.50. The fourth-order valence-corrected chi connectivity index (χ4v) is 3.97. The van der Waals surface area contributed by atoms with Crippen LogP contribution in [0.2, 0.25) is 0 Å². The monoisotopic (exact) mass is 401 g/mol. The zero-order chi connectivity index (χ0) is 19.9. The molecule has 0 aliphatic carbocycles. The van der Waals surface area contributed by atoms with Gasteiger partial charge in [-0.05, 0) is 12.1 Å². The van der Waals surface area contributed by atoms with Crippen LogP contribution in [0.1, 0.15) is 0 Å². The summed E-state index contributed by atoms with van der Waals surface area (Å²) >= 11 is 0. The molecule has 0 spiro atoms. The van der Waals surface area contributed by atoms with Crippen molar-refractivity contribution in [2.75, 3.05) is 67.2 Å². The van der Waals surface area contributed by atoms with Gasteiger partial charge in [0.1, 0.15) is 16.4 Å². The predicted molar refractivity (Wildman–Crippen MR) is 99.6 cm³/mol. The fourth-order valence-electron chi connectivity index (χ4n) is 2.67. The molecule has 1 amide bonds. The molecule has 2 rings (SSSR count). The summed E-state index contributed by atoms with van der Waals surface area (Å²) in [5, 5.41) is 2.75. The Morgan fingerprint density at radius 3 is 2.59 bits per heavy atom. The van der Waals surface area contributed by atoms with Crippen LogP contribution in [0.15, 0.2) is 23.1 Å². The molecule has 0 aromatic heterocycles. The number of amides is 1. The molecule has 1 fully saturated rings. The average molecular weight is 401 g/mol. The van der Waals surface area contributed by atoms with E-state index < -0.39 is 10.0 Å². The summed E-state index contributed by atoms with van der Waals surface area (Å²) in [6.07, 6.45) is 0. The standard InChI is InChI=1S/C17H27N3O6S/c1-19(13-17(21)18-6-7-20-8-10-26-11-9-20)27(22,23)16-12-14(24-2)4-5-15(16)25-3/h4-5,12H,6-11,13H2,1-3H3,(H,18,21). The zero-order valence-corrected chi connectivity index (χ0v) is 16.8. The van der Waals surface area contributed by atoms with E-state index in [9.17, 15) is 13.2 Å². The van der Waals surface area contributed by atoms with E-state index in [1.165, 1.54) is 33.4 Å². The van der Waals surface area contributed by atoms with Gasteiger partial charge in [0.05, 0.1) is 34.0 Å². The van der Waals surface area contributed by atoms with E-state index in [4.69, 9.17) is 14.2 Å². The molecule has 0 atom stereocenters. The van der Waals surface area contributed by atoms with Crippen molar-refractivity contribution in [1.29, 1.82) is 0 Å². The molecule has 10 heteroatoms. The van der Waals surface area contributed by atoms with E-state index in [0.717, 1.165) is 17.4 Å². The lowest BCUT2D eigenvalue weighted by Crippen LogP contribution is -2.43. The van der Waals surface area contributed by atoms with Gasteiger partial charge in [-0.2, -0.15) is 4.31 Å². The summed E-state index contributed by atoms with van der Waals surface area (Å²) in [5.41, 5.74) is 0. The number of methoxy groups -OCH3 is 2. The van der Waals surface area contributed by atoms with Crippen LogP contribution < -0.4 is 14.8 Å². The highest BCUT2D eigenvalue weighted by Gasteiger charge is 2.27. The van der Waals surface area contributed by atoms with Crippen molar-refractivity contribution in [1.82, 2.24) is 14.5 Å². The maximum absolute atomic E-state index is 12.8. The molecule has 1 heterocycles. The van der Waals surface area contributed by atoms with E-state index in [1.54, 1.807) is 6.07 Å². The van der Waals surface area contributed by atoms with Crippen LogP contribution in [0.25, 0.3) is 0 Å². The largest absolute Gasteiger partial charge is 0.497 e. The maximum atomic E-state index is 12.8. The molecule has 9 nitrogen and oxygen atoms in total. The van der Waals surface area contributed by atoms with Crippen molar-refractivity contribution >= 4 is 15.9 Å². The van der Waals surface area contributed by atoms with Gasteiger partial charge >= 0.3 is 0 Å². The number of morpholine rings is 1. The lowest BCUT2D eigenvalue weighted by atomic mass is 10.3. The molecule has 1 aliphatic heterocycles. The van der Waals surface area contributed by atoms with Crippen LogP contribution in [0.4, 0.5) is 0 Å². The van der Waals surface area contributed by atoms with Crippen molar-refractivity contribution in [3.63, 3.8) is 0 Å². The average Bonchev–Trinajstić information content (AvgIpc) is 2.68. The first-order valence-electron chi connectivity index (χ1n) is 8.63. The summed E-state index contributed by atoms with van der Waals surface area (Å²) in [4.78, 5) is 14.3. The second kappa shape index (κ2) is 9.88. The van der Waals surface area contributed by atoms with Crippen molar-refractivity contribution < 1.29 is 27.4 Å². The molecule has 152 valence electrons. The third-order valence-corrected chi connectivity index (χ3v) is 6.10. The van der Waals surface area contributed by atoms with Crippen LogP contribution in [0, 0.1) is 0 Å². The van der Waals surface area contributed by atoms with Gasteiger partial charge in [-0.3, -0.25) is 9.69 Å². The van der Waals surface area contributed by atoms with E-state index in [-0.39, 0.29) is 23.1 Å². The van der Waals surface area contributed by atoms with E-state index in [0.29, 0.717) is 32.1 Å². The quantitative estimate of drug-likeness (QED) is 0.611. The van der Waals surface area contributed by atoms with E-state index >= 15 is 0 Å². The van der Waals surface area contributed by atoms with E-state index in [2.05, 4.69) is 10.2 Å². The minimum absolute atomic E-state index is 0.0482. The molecule has 1 aromatic rings. The molecule has 0 radical (unpaired) electrons. The van der Waals surface area contributed by atoms with Gasteiger partial charge in [-0.15, -0.1) is 0 Å². The number of sulfonamides is 1. The van der Waals surface area contributed by atoms with E-state index in [1.807, 2.05) is 0 Å². The normalized spacial score (nSPS) is 15.6. The van der Waals surface area contributed by atoms with Gasteiger partial charge in [-0.25, -0.2) is 8.42 Å². The van der Waals surface area contributed by atoms with Crippen LogP contribution in [-0.2, 0) is 19.6 Å². The zero-order valence-electron chi connectivity index (χ0n) is 15.9. The van der Waals surface area contributed by atoms with Gasteiger partial charge in [0, 0.05) is 39.3 Å². The van der Waals surface area contributed by atoms with Crippen LogP contribution in [0.3, 0.4) is 0 Å². The predicted octanol–water partition coefficient (Wildman–Crippen LogP) is -0.227. The number of nitrogens with zero attached hydrogens (tertiary/aromatic N) is 2. The van der Waals surface area contributed by atoms with Gasteiger partial charge in [0.15, 0.2) is 0 Å². The first kappa shape index (κ1) is 21.4. The number of carbonyl (C=O) groups is 1. The second-order valence-corrected chi connectivity index (χ2v) is 8.10. The Kier molecular flexibility index (Phi) is 7.84. The molecule has 1 saturated heterocycles. The van der Waals surface area contributed by atoms with Crippen LogP contribution >= 0.6 is 0 Å². The topological polar surface area (TPSA) is 97.4 Å². The smallest absolute Gasteiger partial charge is 0.247 e. The van der Waals surface area contributed by atoms with Gasteiger partial charge < -0.3 is 19.5 Å². The van der Waals surface area contributed by atoms with Crippen molar-refractivity contribution in [3.05, 3.63) is 18.2 Å². The molecular formula is C17H27N3O6S. The highest BCUT2D eigenvalue weighted by Crippen LogP contribution is 2.29. The number of nitrogens with one attached hydrogen (secondary N) is 1. The van der Waals surface area contributed by atoms with Crippen molar-refractivity contribution in [2.45, 2.75) is 4.90 Å². The Morgan fingerprint density at radius 1 is 1.26 bits per heavy atom. The number of carbonyl (C=O) groups excluding carboxylic acids is 1. The minimum Gasteiger partial charge on any atom is -0.497 e. The maximum Gasteiger partial charge on any atom is 0.247 e. The first-order chi connectivity index (χ1) is 12.9. The van der Waals surface area contributed by atoms with Gasteiger partial charge in [0.25, 0.3) is 0 Å². The lowest BCUT2D eigenvalue weighted by Gasteiger charge is -2.26. The molecule has 0 saturated carbocycles. The SMILES string of the molecule is COc1ccc(OC)c(S(=O)(=O)N(C)CC(=O)NCCN2CCOCC2)c1. The minimum atomic E-state index is -3.91. The second-order valence-electron chi connectivity index (χ2n) is 6.08. The number of rotatable bonds is 9. The van der Waals surface area contributed by atoms with Crippen molar-refractivity contribution in [3.8, 4) is 11.5 Å². The number of benzene rings is 1. The highest BCUT2D eigenvalue weighted by atomic mass is 32.2. The summed E-state index contributed by atoms with van der Waals surface area (Å²) in [6.45, 7) is 3.92. The number of hydrogen-bond donors (Lipinski definition) is 1. The Hall–Kier alpha value is -1.88. The molecule has 1 aromatic carbocycles. The molecule has 0 bridgehead atoms. The fraction of sp³-hybridized carbons (Fsp3) is 0.588. The number of hydrogen-bond acceptors (Lipinski definition) is 7. The summed E-state index contributed by atoms with van der Waals surface area (Å²) in [7, 11) is 0.279. The first-order valence-corrected chi connectivity index (χ1v) is 10.1. The Balaban J connectivity index is 1.95. The molecular weight excluding hydrogens is 374 g/mol. The van der Waals surface area contributed by atoms with Gasteiger partial charge in [0.2, 0.25) is 15.9 Å². The summed E-state index contributed by atoms with van der Waals surface area (Å²) in [5.74, 6) is 0.212. The Morgan fingerprint density at radius 2 is 1.96 bits per heavy atom. The molecule has 27 heavy (non-hydrogen) atoms. The molecule has 1 N–H and O–H groups in total. The third kappa shape index (κ3) is 5.80. The van der Waals surface area contributed by atoms with Gasteiger partial charge in [-0.1, -0.05) is 0 Å². The van der Waals surface area contributed by atoms with Crippen LogP contribution in [0.5, 0.6) is 11.5 Å². The van der Waals surface area contributed by atoms with Crippen LogP contribution in [-0.4, -0.2) is 90.7 Å². The lowest BCUT2D eigenvalue weighted by molar-refractivity contribution is -0.121. The number of likely N-dealkylation sites (N-methyl/N-ethyl adjacent to an activating group) is 1. The third-order valence-electron chi connectivity index (χ3n) is 4.28. The summed E-state index contributed by atoms with van der Waals surface area (Å²) < 4.78 is 42.1. The molecule has 0 unspecified atom stereocenters. The van der Waals surface area contributed by atoms with Crippen molar-refractivity contribution in [2.24, 2.45) is 0 Å². The highest BCUT2D eigenvalue weighted by molar-refractivity contribution is 7.89. The Bertz CT molecular complexity index is 734. The molecule has 1 aliphatic rings. The number of ether oxygens (including phenoxy) is 3. The Labute approximate surface area is 160 Å².